The van der Waals surface area contributed by atoms with Crippen molar-refractivity contribution in [1.29, 1.82) is 0 Å². The highest BCUT2D eigenvalue weighted by Gasteiger charge is 2.38. The summed E-state index contributed by atoms with van der Waals surface area (Å²) in [5, 5.41) is 3.47. The SMILES string of the molecule is CNC1CCC(C(C)C)C(C(C)(C)C)C1. The number of nitrogens with one attached hydrogen (secondary N) is 1. The van der Waals surface area contributed by atoms with Crippen LogP contribution in [-0.2, 0) is 0 Å². The summed E-state index contributed by atoms with van der Waals surface area (Å²) in [5.74, 6) is 2.64. The Labute approximate surface area is 96.0 Å². The van der Waals surface area contributed by atoms with Gasteiger partial charge in [0.25, 0.3) is 0 Å². The fourth-order valence-electron chi connectivity index (χ4n) is 3.25. The minimum atomic E-state index is 0.463. The van der Waals surface area contributed by atoms with Crippen LogP contribution in [0, 0.1) is 23.2 Å². The van der Waals surface area contributed by atoms with Crippen molar-refractivity contribution in [1.82, 2.24) is 5.32 Å². The van der Waals surface area contributed by atoms with Gasteiger partial charge in [-0.2, -0.15) is 0 Å². The molecular weight excluding hydrogens is 182 g/mol. The summed E-state index contributed by atoms with van der Waals surface area (Å²) in [6.07, 6.45) is 4.14. The third-order valence-electron chi connectivity index (χ3n) is 4.28. The maximum absolute atomic E-state index is 3.47. The molecule has 0 spiro atoms. The normalized spacial score (nSPS) is 33.4. The molecule has 1 N–H and O–H groups in total. The number of rotatable bonds is 2. The molecule has 0 aliphatic heterocycles. The van der Waals surface area contributed by atoms with Gasteiger partial charge >= 0.3 is 0 Å². The van der Waals surface area contributed by atoms with E-state index in [0.29, 0.717) is 5.41 Å². The highest BCUT2D eigenvalue weighted by Crippen LogP contribution is 2.44. The van der Waals surface area contributed by atoms with Crippen molar-refractivity contribution in [2.75, 3.05) is 7.05 Å². The quantitative estimate of drug-likeness (QED) is 0.734. The first kappa shape index (κ1) is 13.0. The summed E-state index contributed by atoms with van der Waals surface area (Å²) in [6.45, 7) is 12.0. The van der Waals surface area contributed by atoms with Crippen molar-refractivity contribution >= 4 is 0 Å². The van der Waals surface area contributed by atoms with Crippen molar-refractivity contribution in [2.24, 2.45) is 23.2 Å². The zero-order chi connectivity index (χ0) is 11.6. The van der Waals surface area contributed by atoms with Crippen molar-refractivity contribution in [3.8, 4) is 0 Å². The molecule has 3 unspecified atom stereocenters. The Bertz CT molecular complexity index is 190. The van der Waals surface area contributed by atoms with Crippen molar-refractivity contribution in [3.63, 3.8) is 0 Å². The lowest BCUT2D eigenvalue weighted by molar-refractivity contribution is 0.0617. The van der Waals surface area contributed by atoms with Gasteiger partial charge in [0.05, 0.1) is 0 Å². The molecule has 1 aliphatic rings. The van der Waals surface area contributed by atoms with E-state index in [1.807, 2.05) is 0 Å². The van der Waals surface area contributed by atoms with Crippen LogP contribution in [0.25, 0.3) is 0 Å². The van der Waals surface area contributed by atoms with Crippen LogP contribution in [0.2, 0.25) is 0 Å². The van der Waals surface area contributed by atoms with E-state index < -0.39 is 0 Å². The van der Waals surface area contributed by atoms with Gasteiger partial charge in [-0.3, -0.25) is 0 Å². The molecule has 0 aromatic rings. The second-order valence-electron chi connectivity index (χ2n) is 6.68. The van der Waals surface area contributed by atoms with Crippen LogP contribution in [0.4, 0.5) is 0 Å². The molecule has 1 rings (SSSR count). The van der Waals surface area contributed by atoms with Gasteiger partial charge in [-0.1, -0.05) is 34.6 Å². The van der Waals surface area contributed by atoms with E-state index >= 15 is 0 Å². The lowest BCUT2D eigenvalue weighted by Crippen LogP contribution is -2.42. The summed E-state index contributed by atoms with van der Waals surface area (Å²) in [7, 11) is 2.11. The van der Waals surface area contributed by atoms with E-state index in [-0.39, 0.29) is 0 Å². The Hall–Kier alpha value is -0.0400. The molecule has 3 atom stereocenters. The van der Waals surface area contributed by atoms with E-state index in [2.05, 4.69) is 47.0 Å². The van der Waals surface area contributed by atoms with E-state index in [1.54, 1.807) is 0 Å². The molecule has 0 radical (unpaired) electrons. The fourth-order valence-corrected chi connectivity index (χ4v) is 3.25. The Morgan fingerprint density at radius 3 is 2.13 bits per heavy atom. The number of hydrogen-bond donors (Lipinski definition) is 1. The largest absolute Gasteiger partial charge is 0.317 e. The van der Waals surface area contributed by atoms with Crippen LogP contribution in [0.3, 0.4) is 0 Å². The highest BCUT2D eigenvalue weighted by molar-refractivity contribution is 4.90. The lowest BCUT2D eigenvalue weighted by atomic mass is 9.62. The van der Waals surface area contributed by atoms with Crippen molar-refractivity contribution < 1.29 is 0 Å². The van der Waals surface area contributed by atoms with Gasteiger partial charge < -0.3 is 5.32 Å². The van der Waals surface area contributed by atoms with Gasteiger partial charge in [0.2, 0.25) is 0 Å². The van der Waals surface area contributed by atoms with Crippen LogP contribution in [0.15, 0.2) is 0 Å². The van der Waals surface area contributed by atoms with Crippen molar-refractivity contribution in [3.05, 3.63) is 0 Å². The zero-order valence-electron chi connectivity index (χ0n) is 11.4. The molecule has 0 bridgehead atoms. The smallest absolute Gasteiger partial charge is 0.00671 e. The van der Waals surface area contributed by atoms with Crippen LogP contribution in [0.5, 0.6) is 0 Å². The third-order valence-corrected chi connectivity index (χ3v) is 4.28. The molecule has 0 amide bonds. The zero-order valence-corrected chi connectivity index (χ0v) is 11.4. The van der Waals surface area contributed by atoms with Crippen molar-refractivity contribution in [2.45, 2.75) is 59.9 Å². The van der Waals surface area contributed by atoms with E-state index in [0.717, 1.165) is 23.8 Å². The fraction of sp³-hybridized carbons (Fsp3) is 1.00. The van der Waals surface area contributed by atoms with Gasteiger partial charge in [0, 0.05) is 6.04 Å². The Morgan fingerprint density at radius 2 is 1.73 bits per heavy atom. The predicted molar refractivity (Wildman–Crippen MR) is 68.0 cm³/mol. The topological polar surface area (TPSA) is 12.0 Å². The first-order valence-electron chi connectivity index (χ1n) is 6.53. The maximum Gasteiger partial charge on any atom is 0.00671 e. The predicted octanol–water partition coefficient (Wildman–Crippen LogP) is 3.69. The summed E-state index contributed by atoms with van der Waals surface area (Å²) in [6, 6.07) is 0.754. The monoisotopic (exact) mass is 211 g/mol. The second kappa shape index (κ2) is 4.86. The van der Waals surface area contributed by atoms with Crippen LogP contribution in [-0.4, -0.2) is 13.1 Å². The maximum atomic E-state index is 3.47. The molecule has 1 fully saturated rings. The Balaban J connectivity index is 2.74. The summed E-state index contributed by atoms with van der Waals surface area (Å²) in [4.78, 5) is 0. The molecule has 0 aromatic heterocycles. The van der Waals surface area contributed by atoms with E-state index in [4.69, 9.17) is 0 Å². The average Bonchev–Trinajstić information content (AvgIpc) is 2.15. The summed E-state index contributed by atoms with van der Waals surface area (Å²) >= 11 is 0. The third kappa shape index (κ3) is 3.21. The summed E-state index contributed by atoms with van der Waals surface area (Å²) in [5.41, 5.74) is 0.463. The van der Waals surface area contributed by atoms with Gasteiger partial charge in [-0.05, 0) is 49.5 Å². The van der Waals surface area contributed by atoms with Gasteiger partial charge in [-0.25, -0.2) is 0 Å². The average molecular weight is 211 g/mol. The standard InChI is InChI=1S/C14H29N/c1-10(2)12-8-7-11(15-6)9-13(12)14(3,4)5/h10-13,15H,7-9H2,1-6H3. The molecule has 1 saturated carbocycles. The molecule has 1 heteroatoms. The molecule has 0 aromatic carbocycles. The molecule has 0 saturated heterocycles. The molecule has 15 heavy (non-hydrogen) atoms. The first-order chi connectivity index (χ1) is 6.86. The molecule has 1 aliphatic carbocycles. The minimum absolute atomic E-state index is 0.463. The van der Waals surface area contributed by atoms with E-state index in [1.165, 1.54) is 19.3 Å². The molecule has 1 nitrogen and oxygen atoms in total. The van der Waals surface area contributed by atoms with Crippen LogP contribution in [0.1, 0.15) is 53.9 Å². The Morgan fingerprint density at radius 1 is 1.13 bits per heavy atom. The highest BCUT2D eigenvalue weighted by atomic mass is 14.9. The van der Waals surface area contributed by atoms with E-state index in [9.17, 15) is 0 Å². The first-order valence-corrected chi connectivity index (χ1v) is 6.53. The lowest BCUT2D eigenvalue weighted by Gasteiger charge is -2.45. The summed E-state index contributed by atoms with van der Waals surface area (Å²) < 4.78 is 0. The number of hydrogen-bond acceptors (Lipinski definition) is 1. The second-order valence-corrected chi connectivity index (χ2v) is 6.68. The molecular formula is C14H29N. The van der Waals surface area contributed by atoms with Gasteiger partial charge in [-0.15, -0.1) is 0 Å². The molecule has 0 heterocycles. The molecule has 90 valence electrons. The van der Waals surface area contributed by atoms with Crippen LogP contribution < -0.4 is 5.32 Å². The van der Waals surface area contributed by atoms with Gasteiger partial charge in [0.15, 0.2) is 0 Å². The minimum Gasteiger partial charge on any atom is -0.317 e. The van der Waals surface area contributed by atoms with Crippen LogP contribution >= 0.6 is 0 Å². The Kier molecular flexibility index (Phi) is 4.22. The van der Waals surface area contributed by atoms with Gasteiger partial charge in [0.1, 0.15) is 0 Å².